The molecule has 0 saturated carbocycles. The summed E-state index contributed by atoms with van der Waals surface area (Å²) in [6.07, 6.45) is 2.45. The van der Waals surface area contributed by atoms with Crippen molar-refractivity contribution in [2.45, 2.75) is 24.8 Å². The zero-order chi connectivity index (χ0) is 11.0. The molecule has 2 saturated heterocycles. The van der Waals surface area contributed by atoms with Crippen LogP contribution in [0, 0.1) is 0 Å². The van der Waals surface area contributed by atoms with Crippen molar-refractivity contribution in [2.24, 2.45) is 5.73 Å². The van der Waals surface area contributed by atoms with Gasteiger partial charge in [-0.05, 0) is 18.0 Å². The van der Waals surface area contributed by atoms with Gasteiger partial charge in [-0.25, -0.2) is 0 Å². The first-order valence-corrected chi connectivity index (χ1v) is 6.92. The van der Waals surface area contributed by atoms with E-state index in [0.29, 0.717) is 0 Å². The predicted octanol–water partition coefficient (Wildman–Crippen LogP) is 0.827. The number of aromatic nitrogens is 2. The van der Waals surface area contributed by atoms with Gasteiger partial charge in [-0.2, -0.15) is 16.7 Å². The van der Waals surface area contributed by atoms with Gasteiger partial charge in [0.2, 0.25) is 5.89 Å². The fourth-order valence-electron chi connectivity index (χ4n) is 2.25. The Bertz CT molecular complexity index is 363. The molecule has 2 fully saturated rings. The van der Waals surface area contributed by atoms with Gasteiger partial charge < -0.3 is 15.2 Å². The second-order valence-corrected chi connectivity index (χ2v) is 5.51. The standard InChI is InChI=1S/C10H16N4OS/c11-8-6-16-5-7(8)9-12-10(13-15-9)14-3-1-2-4-14/h7-8H,1-6,11H2. The molecule has 1 aromatic rings. The molecule has 2 atom stereocenters. The number of nitrogens with zero attached hydrogens (tertiary/aromatic N) is 3. The Morgan fingerprint density at radius 1 is 1.31 bits per heavy atom. The number of hydrogen-bond acceptors (Lipinski definition) is 6. The van der Waals surface area contributed by atoms with Gasteiger partial charge in [0.05, 0.1) is 5.92 Å². The lowest BCUT2D eigenvalue weighted by Crippen LogP contribution is -2.27. The van der Waals surface area contributed by atoms with E-state index in [9.17, 15) is 0 Å². The Hall–Kier alpha value is -0.750. The van der Waals surface area contributed by atoms with E-state index in [0.717, 1.165) is 36.4 Å². The van der Waals surface area contributed by atoms with Crippen LogP contribution in [0.3, 0.4) is 0 Å². The van der Waals surface area contributed by atoms with E-state index < -0.39 is 0 Å². The molecule has 3 rings (SSSR count). The van der Waals surface area contributed by atoms with Crippen molar-refractivity contribution in [1.29, 1.82) is 0 Å². The Morgan fingerprint density at radius 2 is 2.12 bits per heavy atom. The third-order valence-corrected chi connectivity index (χ3v) is 4.48. The minimum Gasteiger partial charge on any atom is -0.338 e. The minimum absolute atomic E-state index is 0.164. The maximum Gasteiger partial charge on any atom is 0.266 e. The summed E-state index contributed by atoms with van der Waals surface area (Å²) in [5.74, 6) is 3.71. The topological polar surface area (TPSA) is 68.2 Å². The summed E-state index contributed by atoms with van der Waals surface area (Å²) in [5, 5.41) is 4.05. The average molecular weight is 240 g/mol. The molecule has 1 aromatic heterocycles. The van der Waals surface area contributed by atoms with Gasteiger partial charge in [0.1, 0.15) is 0 Å². The molecule has 2 unspecified atom stereocenters. The molecule has 0 spiro atoms. The van der Waals surface area contributed by atoms with E-state index >= 15 is 0 Å². The second-order valence-electron chi connectivity index (χ2n) is 4.43. The Kier molecular flexibility index (Phi) is 2.77. The van der Waals surface area contributed by atoms with Crippen LogP contribution in [-0.4, -0.2) is 40.8 Å². The lowest BCUT2D eigenvalue weighted by atomic mass is 10.1. The lowest BCUT2D eigenvalue weighted by molar-refractivity contribution is 0.352. The van der Waals surface area contributed by atoms with Crippen LogP contribution in [0.25, 0.3) is 0 Å². The number of thioether (sulfide) groups is 1. The summed E-state index contributed by atoms with van der Waals surface area (Å²) in [5.41, 5.74) is 6.01. The maximum atomic E-state index is 6.01. The molecular weight excluding hydrogens is 224 g/mol. The third-order valence-electron chi connectivity index (χ3n) is 3.26. The molecule has 0 radical (unpaired) electrons. The summed E-state index contributed by atoms with van der Waals surface area (Å²) >= 11 is 1.86. The van der Waals surface area contributed by atoms with Gasteiger partial charge in [-0.1, -0.05) is 0 Å². The van der Waals surface area contributed by atoms with Gasteiger partial charge in [0.25, 0.3) is 5.95 Å². The van der Waals surface area contributed by atoms with Gasteiger partial charge >= 0.3 is 0 Å². The van der Waals surface area contributed by atoms with Crippen LogP contribution in [-0.2, 0) is 0 Å². The van der Waals surface area contributed by atoms with E-state index in [-0.39, 0.29) is 12.0 Å². The molecule has 3 heterocycles. The Morgan fingerprint density at radius 3 is 2.81 bits per heavy atom. The highest BCUT2D eigenvalue weighted by Gasteiger charge is 2.31. The summed E-state index contributed by atoms with van der Waals surface area (Å²) in [6, 6.07) is 0.164. The molecule has 2 N–H and O–H groups in total. The Labute approximate surface area is 98.7 Å². The molecule has 6 heteroatoms. The highest BCUT2D eigenvalue weighted by atomic mass is 32.2. The van der Waals surface area contributed by atoms with Gasteiger partial charge in [0.15, 0.2) is 0 Å². The first kappa shape index (κ1) is 10.4. The zero-order valence-corrected chi connectivity index (χ0v) is 9.95. The molecule has 0 bridgehead atoms. The normalized spacial score (nSPS) is 30.2. The first-order chi connectivity index (χ1) is 7.84. The van der Waals surface area contributed by atoms with E-state index in [1.807, 2.05) is 11.8 Å². The van der Waals surface area contributed by atoms with Crippen molar-refractivity contribution >= 4 is 17.7 Å². The smallest absolute Gasteiger partial charge is 0.266 e. The van der Waals surface area contributed by atoms with Crippen molar-refractivity contribution in [3.63, 3.8) is 0 Å². The van der Waals surface area contributed by atoms with Crippen molar-refractivity contribution < 1.29 is 4.52 Å². The highest BCUT2D eigenvalue weighted by molar-refractivity contribution is 7.99. The van der Waals surface area contributed by atoms with E-state index in [2.05, 4.69) is 15.0 Å². The first-order valence-electron chi connectivity index (χ1n) is 5.76. The molecule has 0 amide bonds. The van der Waals surface area contributed by atoms with Crippen LogP contribution in [0.15, 0.2) is 4.52 Å². The van der Waals surface area contributed by atoms with Crippen LogP contribution in [0.1, 0.15) is 24.7 Å². The maximum absolute atomic E-state index is 6.01. The van der Waals surface area contributed by atoms with Gasteiger partial charge in [-0.15, -0.1) is 0 Å². The fourth-order valence-corrected chi connectivity index (χ4v) is 3.53. The largest absolute Gasteiger partial charge is 0.338 e. The average Bonchev–Trinajstić information content (AvgIpc) is 2.96. The minimum atomic E-state index is 0.164. The quantitative estimate of drug-likeness (QED) is 0.825. The predicted molar refractivity (Wildman–Crippen MR) is 63.8 cm³/mol. The number of nitrogens with two attached hydrogens (primary N) is 1. The SMILES string of the molecule is NC1CSCC1c1nc(N2CCCC2)no1. The highest BCUT2D eigenvalue weighted by Crippen LogP contribution is 2.31. The van der Waals surface area contributed by atoms with Gasteiger partial charge in [0, 0.05) is 30.6 Å². The molecule has 2 aliphatic rings. The van der Waals surface area contributed by atoms with Crippen LogP contribution in [0.5, 0.6) is 0 Å². The van der Waals surface area contributed by atoms with E-state index in [4.69, 9.17) is 10.3 Å². The summed E-state index contributed by atoms with van der Waals surface area (Å²) < 4.78 is 5.34. The van der Waals surface area contributed by atoms with Crippen LogP contribution >= 0.6 is 11.8 Å². The number of rotatable bonds is 2. The van der Waals surface area contributed by atoms with Gasteiger partial charge in [-0.3, -0.25) is 0 Å². The molecule has 16 heavy (non-hydrogen) atoms. The summed E-state index contributed by atoms with van der Waals surface area (Å²) in [7, 11) is 0. The number of hydrogen-bond donors (Lipinski definition) is 1. The van der Waals surface area contributed by atoms with Crippen molar-refractivity contribution in [2.75, 3.05) is 29.5 Å². The monoisotopic (exact) mass is 240 g/mol. The van der Waals surface area contributed by atoms with Crippen molar-refractivity contribution in [1.82, 2.24) is 10.1 Å². The summed E-state index contributed by atoms with van der Waals surface area (Å²) in [6.45, 7) is 2.09. The zero-order valence-electron chi connectivity index (χ0n) is 9.13. The van der Waals surface area contributed by atoms with Crippen LogP contribution < -0.4 is 10.6 Å². The van der Waals surface area contributed by atoms with E-state index in [1.165, 1.54) is 12.8 Å². The summed E-state index contributed by atoms with van der Waals surface area (Å²) in [4.78, 5) is 6.66. The molecular formula is C10H16N4OS. The number of anilines is 1. The van der Waals surface area contributed by atoms with Crippen LogP contribution in [0.4, 0.5) is 5.95 Å². The fraction of sp³-hybridized carbons (Fsp3) is 0.800. The Balaban J connectivity index is 1.76. The third kappa shape index (κ3) is 1.80. The second kappa shape index (κ2) is 4.25. The lowest BCUT2D eigenvalue weighted by Gasteiger charge is -2.10. The molecule has 0 aliphatic carbocycles. The molecule has 2 aliphatic heterocycles. The molecule has 88 valence electrons. The van der Waals surface area contributed by atoms with Crippen LogP contribution in [0.2, 0.25) is 0 Å². The molecule has 0 aromatic carbocycles. The van der Waals surface area contributed by atoms with E-state index in [1.54, 1.807) is 0 Å². The molecule has 5 nitrogen and oxygen atoms in total. The van der Waals surface area contributed by atoms with Crippen molar-refractivity contribution in [3.8, 4) is 0 Å². The van der Waals surface area contributed by atoms with Crippen molar-refractivity contribution in [3.05, 3.63) is 5.89 Å².